The molecule has 0 saturated carbocycles. The minimum absolute atomic E-state index is 0.386. The molecule has 0 amide bonds. The lowest BCUT2D eigenvalue weighted by atomic mass is 10.1. The van der Waals surface area contributed by atoms with Gasteiger partial charge in [-0.2, -0.15) is 4.98 Å². The summed E-state index contributed by atoms with van der Waals surface area (Å²) in [5.41, 5.74) is 2.83. The normalized spacial score (nSPS) is 10.6. The molecule has 4 aromatic rings. The molecule has 0 saturated heterocycles. The van der Waals surface area contributed by atoms with Gasteiger partial charge < -0.3 is 10.6 Å². The van der Waals surface area contributed by atoms with Crippen molar-refractivity contribution in [2.24, 2.45) is 0 Å². The highest BCUT2D eigenvalue weighted by molar-refractivity contribution is 5.67. The van der Waals surface area contributed by atoms with Crippen LogP contribution in [0.15, 0.2) is 79.0 Å². The van der Waals surface area contributed by atoms with Crippen molar-refractivity contribution in [3.63, 3.8) is 0 Å². The summed E-state index contributed by atoms with van der Waals surface area (Å²) in [4.78, 5) is 13.3. The minimum atomic E-state index is -0.930. The SMILES string of the molecule is Fc1ccc(Nc2cc(-c3ccccc3)nc(NCc3ccccn3)n2)cc1F. The first kappa shape index (κ1) is 18.5. The molecule has 0 aliphatic heterocycles. The van der Waals surface area contributed by atoms with Crippen molar-refractivity contribution in [1.82, 2.24) is 15.0 Å². The van der Waals surface area contributed by atoms with Crippen LogP contribution in [0, 0.1) is 11.6 Å². The summed E-state index contributed by atoms with van der Waals surface area (Å²) in [5, 5.41) is 6.17. The van der Waals surface area contributed by atoms with Crippen LogP contribution in [0.3, 0.4) is 0 Å². The zero-order valence-corrected chi connectivity index (χ0v) is 15.3. The average Bonchev–Trinajstić information content (AvgIpc) is 2.76. The Hall–Kier alpha value is -3.87. The van der Waals surface area contributed by atoms with Crippen LogP contribution in [-0.4, -0.2) is 15.0 Å². The number of rotatable bonds is 6. The first-order valence-corrected chi connectivity index (χ1v) is 8.98. The fourth-order valence-corrected chi connectivity index (χ4v) is 2.74. The summed E-state index contributed by atoms with van der Waals surface area (Å²) < 4.78 is 26.8. The molecule has 0 unspecified atom stereocenters. The molecule has 2 aromatic carbocycles. The van der Waals surface area contributed by atoms with E-state index in [2.05, 4.69) is 25.6 Å². The van der Waals surface area contributed by atoms with Gasteiger partial charge in [0, 0.05) is 29.6 Å². The Balaban J connectivity index is 1.64. The van der Waals surface area contributed by atoms with Gasteiger partial charge in [0.1, 0.15) is 5.82 Å². The third kappa shape index (κ3) is 4.70. The molecule has 29 heavy (non-hydrogen) atoms. The molecule has 2 aromatic heterocycles. The standard InChI is InChI=1S/C22H17F2N5/c23-18-10-9-16(12-19(18)24)27-21-13-20(15-6-2-1-3-7-15)28-22(29-21)26-14-17-8-4-5-11-25-17/h1-13H,14H2,(H2,26,27,28,29). The van der Waals surface area contributed by atoms with Crippen LogP contribution in [0.4, 0.5) is 26.2 Å². The molecule has 5 nitrogen and oxygen atoms in total. The molecule has 0 atom stereocenters. The maximum absolute atomic E-state index is 13.5. The largest absolute Gasteiger partial charge is 0.348 e. The molecule has 0 aliphatic rings. The van der Waals surface area contributed by atoms with Gasteiger partial charge in [-0.15, -0.1) is 0 Å². The third-order valence-electron chi connectivity index (χ3n) is 4.14. The Labute approximate surface area is 166 Å². The molecule has 7 heteroatoms. The number of anilines is 3. The monoisotopic (exact) mass is 389 g/mol. The van der Waals surface area contributed by atoms with E-state index < -0.39 is 11.6 Å². The number of pyridine rings is 1. The van der Waals surface area contributed by atoms with Crippen molar-refractivity contribution in [3.05, 3.63) is 96.3 Å². The second-order valence-corrected chi connectivity index (χ2v) is 6.26. The number of hydrogen-bond donors (Lipinski definition) is 2. The highest BCUT2D eigenvalue weighted by Gasteiger charge is 2.09. The number of halogens is 2. The maximum Gasteiger partial charge on any atom is 0.225 e. The van der Waals surface area contributed by atoms with Crippen LogP contribution in [0.5, 0.6) is 0 Å². The molecule has 0 fully saturated rings. The molecule has 4 rings (SSSR count). The van der Waals surface area contributed by atoms with Gasteiger partial charge >= 0.3 is 0 Å². The summed E-state index contributed by atoms with van der Waals surface area (Å²) in [6, 6.07) is 20.6. The van der Waals surface area contributed by atoms with Gasteiger partial charge in [-0.1, -0.05) is 36.4 Å². The van der Waals surface area contributed by atoms with E-state index in [0.717, 1.165) is 23.4 Å². The molecule has 0 radical (unpaired) electrons. The van der Waals surface area contributed by atoms with E-state index in [4.69, 9.17) is 0 Å². The predicted molar refractivity (Wildman–Crippen MR) is 109 cm³/mol. The molecule has 2 heterocycles. The smallest absolute Gasteiger partial charge is 0.225 e. The number of aromatic nitrogens is 3. The first-order valence-electron chi connectivity index (χ1n) is 8.98. The van der Waals surface area contributed by atoms with Gasteiger partial charge in [0.15, 0.2) is 11.6 Å². The predicted octanol–water partition coefficient (Wildman–Crippen LogP) is 5.17. The molecule has 2 N–H and O–H groups in total. The summed E-state index contributed by atoms with van der Waals surface area (Å²) >= 11 is 0. The van der Waals surface area contributed by atoms with Crippen LogP contribution in [0.25, 0.3) is 11.3 Å². The van der Waals surface area contributed by atoms with Crippen molar-refractivity contribution < 1.29 is 8.78 Å². The van der Waals surface area contributed by atoms with E-state index in [0.29, 0.717) is 29.7 Å². The lowest BCUT2D eigenvalue weighted by Gasteiger charge is -2.12. The fraction of sp³-hybridized carbons (Fsp3) is 0.0455. The maximum atomic E-state index is 13.5. The quantitative estimate of drug-likeness (QED) is 0.476. The fourth-order valence-electron chi connectivity index (χ4n) is 2.74. The zero-order chi connectivity index (χ0) is 20.1. The van der Waals surface area contributed by atoms with Crippen molar-refractivity contribution >= 4 is 17.5 Å². The first-order chi connectivity index (χ1) is 14.2. The highest BCUT2D eigenvalue weighted by atomic mass is 19.2. The minimum Gasteiger partial charge on any atom is -0.348 e. The topological polar surface area (TPSA) is 62.7 Å². The number of benzene rings is 2. The Kier molecular flexibility index (Phi) is 5.38. The van der Waals surface area contributed by atoms with E-state index >= 15 is 0 Å². The lowest BCUT2D eigenvalue weighted by Crippen LogP contribution is -2.07. The van der Waals surface area contributed by atoms with E-state index in [9.17, 15) is 8.78 Å². The lowest BCUT2D eigenvalue weighted by molar-refractivity contribution is 0.509. The van der Waals surface area contributed by atoms with E-state index in [-0.39, 0.29) is 0 Å². The zero-order valence-electron chi connectivity index (χ0n) is 15.3. The summed E-state index contributed by atoms with van der Waals surface area (Å²) in [7, 11) is 0. The summed E-state index contributed by atoms with van der Waals surface area (Å²) in [6.07, 6.45) is 1.72. The van der Waals surface area contributed by atoms with Crippen molar-refractivity contribution in [2.75, 3.05) is 10.6 Å². The van der Waals surface area contributed by atoms with Gasteiger partial charge in [-0.05, 0) is 24.3 Å². The number of nitrogens with one attached hydrogen (secondary N) is 2. The summed E-state index contributed by atoms with van der Waals surface area (Å²) in [6.45, 7) is 0.448. The molecule has 0 bridgehead atoms. The molecule has 144 valence electrons. The Morgan fingerprint density at radius 1 is 0.793 bits per heavy atom. The van der Waals surface area contributed by atoms with Crippen molar-refractivity contribution in [2.45, 2.75) is 6.54 Å². The second-order valence-electron chi connectivity index (χ2n) is 6.26. The average molecular weight is 389 g/mol. The summed E-state index contributed by atoms with van der Waals surface area (Å²) in [5.74, 6) is -0.989. The Bertz CT molecular complexity index is 1100. The van der Waals surface area contributed by atoms with Gasteiger partial charge in [0.25, 0.3) is 0 Å². The number of nitrogens with zero attached hydrogens (tertiary/aromatic N) is 3. The van der Waals surface area contributed by atoms with Crippen molar-refractivity contribution in [1.29, 1.82) is 0 Å². The molecule has 0 aliphatic carbocycles. The van der Waals surface area contributed by atoms with E-state index in [1.54, 1.807) is 12.3 Å². The van der Waals surface area contributed by atoms with Gasteiger partial charge in [-0.3, -0.25) is 4.98 Å². The van der Waals surface area contributed by atoms with Crippen LogP contribution in [0.1, 0.15) is 5.69 Å². The Morgan fingerprint density at radius 3 is 2.38 bits per heavy atom. The third-order valence-corrected chi connectivity index (χ3v) is 4.14. The molecular formula is C22H17F2N5. The van der Waals surface area contributed by atoms with Gasteiger partial charge in [0.05, 0.1) is 17.9 Å². The van der Waals surface area contributed by atoms with Crippen molar-refractivity contribution in [3.8, 4) is 11.3 Å². The van der Waals surface area contributed by atoms with E-state index in [1.807, 2.05) is 48.5 Å². The van der Waals surface area contributed by atoms with Crippen LogP contribution in [-0.2, 0) is 6.54 Å². The highest BCUT2D eigenvalue weighted by Crippen LogP contribution is 2.24. The van der Waals surface area contributed by atoms with Crippen LogP contribution >= 0.6 is 0 Å². The molecular weight excluding hydrogens is 372 g/mol. The van der Waals surface area contributed by atoms with Gasteiger partial charge in [-0.25, -0.2) is 13.8 Å². The Morgan fingerprint density at radius 2 is 1.62 bits per heavy atom. The van der Waals surface area contributed by atoms with Crippen LogP contribution in [0.2, 0.25) is 0 Å². The number of hydrogen-bond acceptors (Lipinski definition) is 5. The van der Waals surface area contributed by atoms with Gasteiger partial charge in [0.2, 0.25) is 5.95 Å². The van der Waals surface area contributed by atoms with E-state index in [1.165, 1.54) is 6.07 Å². The van der Waals surface area contributed by atoms with Crippen LogP contribution < -0.4 is 10.6 Å². The second kappa shape index (κ2) is 8.43. The molecule has 0 spiro atoms.